The molecule has 1 aromatic rings. The summed E-state index contributed by atoms with van der Waals surface area (Å²) in [5.74, 6) is -1.56. The van der Waals surface area contributed by atoms with E-state index in [1.54, 1.807) is 0 Å². The molecule has 2 heterocycles. The van der Waals surface area contributed by atoms with Crippen LogP contribution in [0.2, 0.25) is 0 Å². The molecule has 0 radical (unpaired) electrons. The second kappa shape index (κ2) is 7.72. The van der Waals surface area contributed by atoms with Crippen LogP contribution in [0.3, 0.4) is 0 Å². The molecule has 0 aliphatic carbocycles. The average molecular weight is 375 g/mol. The second-order valence-corrected chi connectivity index (χ2v) is 7.93. The van der Waals surface area contributed by atoms with Gasteiger partial charge in [-0.25, -0.2) is 0 Å². The Morgan fingerprint density at radius 3 is 2.41 bits per heavy atom. The highest BCUT2D eigenvalue weighted by Gasteiger charge is 2.51. The fourth-order valence-electron chi connectivity index (χ4n) is 3.51. The van der Waals surface area contributed by atoms with Gasteiger partial charge in [-0.2, -0.15) is 0 Å². The molecule has 148 valence electrons. The van der Waals surface area contributed by atoms with Crippen LogP contribution in [-0.2, 0) is 23.7 Å². The molecule has 2 saturated heterocycles. The van der Waals surface area contributed by atoms with Crippen molar-refractivity contribution in [1.29, 1.82) is 0 Å². The minimum atomic E-state index is -0.775. The van der Waals surface area contributed by atoms with Gasteiger partial charge >= 0.3 is 0 Å². The van der Waals surface area contributed by atoms with Gasteiger partial charge in [-0.1, -0.05) is 42.5 Å². The van der Waals surface area contributed by atoms with Crippen molar-refractivity contribution in [3.05, 3.63) is 42.0 Å². The fourth-order valence-corrected chi connectivity index (χ4v) is 3.51. The first-order chi connectivity index (χ1) is 12.7. The summed E-state index contributed by atoms with van der Waals surface area (Å²) in [5.41, 5.74) is 1.05. The van der Waals surface area contributed by atoms with Gasteiger partial charge in [0.25, 0.3) is 0 Å². The predicted molar refractivity (Wildman–Crippen MR) is 102 cm³/mol. The molecule has 4 atom stereocenters. The Morgan fingerprint density at radius 1 is 1.11 bits per heavy atom. The number of hydrogen-bond acceptors (Lipinski definition) is 5. The van der Waals surface area contributed by atoms with Gasteiger partial charge in [-0.3, -0.25) is 4.79 Å². The van der Waals surface area contributed by atoms with Gasteiger partial charge in [0.1, 0.15) is 18.3 Å². The normalized spacial score (nSPS) is 30.5. The standard InChI is InChI=1S/C21H29NO5/c1-14(23)22-16(12-11-15-9-7-6-8-10-15)18-19(27-21(4,5)26-18)17-13-24-20(2,3)25-17/h6-12,16-19H,13H2,1-5H3,(H,22,23)/b12-11+/t16-,17+,18+,19+/m0/s1. The first kappa shape index (κ1) is 20.0. The van der Waals surface area contributed by atoms with E-state index in [1.807, 2.05) is 70.2 Å². The summed E-state index contributed by atoms with van der Waals surface area (Å²) in [6.07, 6.45) is 2.89. The first-order valence-electron chi connectivity index (χ1n) is 9.33. The summed E-state index contributed by atoms with van der Waals surface area (Å²) >= 11 is 0. The number of rotatable bonds is 5. The lowest BCUT2D eigenvalue weighted by Gasteiger charge is -2.28. The number of benzene rings is 1. The Balaban J connectivity index is 1.84. The molecule has 1 N–H and O–H groups in total. The highest BCUT2D eigenvalue weighted by molar-refractivity contribution is 5.73. The van der Waals surface area contributed by atoms with Gasteiger partial charge < -0.3 is 24.3 Å². The van der Waals surface area contributed by atoms with Gasteiger partial charge in [0.05, 0.1) is 12.6 Å². The largest absolute Gasteiger partial charge is 0.348 e. The average Bonchev–Trinajstić information content (AvgIpc) is 3.10. The van der Waals surface area contributed by atoms with E-state index in [0.717, 1.165) is 5.56 Å². The topological polar surface area (TPSA) is 66.0 Å². The maximum Gasteiger partial charge on any atom is 0.217 e. The molecule has 0 spiro atoms. The molecule has 2 aliphatic rings. The van der Waals surface area contributed by atoms with Gasteiger partial charge in [0.15, 0.2) is 11.6 Å². The first-order valence-corrected chi connectivity index (χ1v) is 9.33. The highest BCUT2D eigenvalue weighted by Crippen LogP contribution is 2.37. The Bertz CT molecular complexity index is 685. The van der Waals surface area contributed by atoms with Gasteiger partial charge in [0, 0.05) is 6.92 Å². The molecular formula is C21H29NO5. The maximum atomic E-state index is 11.8. The third-order valence-electron chi connectivity index (χ3n) is 4.58. The molecule has 0 unspecified atom stereocenters. The summed E-state index contributed by atoms with van der Waals surface area (Å²) in [6, 6.07) is 9.56. The molecule has 2 aliphatic heterocycles. The van der Waals surface area contributed by atoms with Crippen molar-refractivity contribution < 1.29 is 23.7 Å². The van der Waals surface area contributed by atoms with Crippen molar-refractivity contribution in [2.45, 2.75) is 70.5 Å². The van der Waals surface area contributed by atoms with Crippen molar-refractivity contribution in [3.8, 4) is 0 Å². The van der Waals surface area contributed by atoms with Crippen LogP contribution in [0.4, 0.5) is 0 Å². The number of nitrogens with one attached hydrogen (secondary N) is 1. The van der Waals surface area contributed by atoms with E-state index in [4.69, 9.17) is 18.9 Å². The number of carbonyl (C=O) groups excluding carboxylic acids is 1. The van der Waals surface area contributed by atoms with Crippen LogP contribution in [0, 0.1) is 0 Å². The number of hydrogen-bond donors (Lipinski definition) is 1. The zero-order chi connectivity index (χ0) is 19.7. The van der Waals surface area contributed by atoms with E-state index in [1.165, 1.54) is 6.92 Å². The minimum Gasteiger partial charge on any atom is -0.348 e. The molecule has 2 fully saturated rings. The zero-order valence-electron chi connectivity index (χ0n) is 16.6. The lowest BCUT2D eigenvalue weighted by atomic mass is 10.00. The summed E-state index contributed by atoms with van der Waals surface area (Å²) < 4.78 is 24.0. The SMILES string of the molecule is CC(=O)N[C@@H](/C=C/c1ccccc1)[C@H]1OC(C)(C)O[C@@H]1[C@H]1COC(C)(C)O1. The van der Waals surface area contributed by atoms with Gasteiger partial charge in [-0.05, 0) is 33.3 Å². The lowest BCUT2D eigenvalue weighted by molar-refractivity contribution is -0.174. The van der Waals surface area contributed by atoms with Crippen molar-refractivity contribution in [3.63, 3.8) is 0 Å². The predicted octanol–water partition coefficient (Wildman–Crippen LogP) is 2.88. The van der Waals surface area contributed by atoms with E-state index in [-0.39, 0.29) is 24.2 Å². The zero-order valence-corrected chi connectivity index (χ0v) is 16.6. The van der Waals surface area contributed by atoms with Crippen molar-refractivity contribution >= 4 is 12.0 Å². The number of carbonyl (C=O) groups is 1. The third-order valence-corrected chi connectivity index (χ3v) is 4.58. The third kappa shape index (κ3) is 5.17. The summed E-state index contributed by atoms with van der Waals surface area (Å²) in [7, 11) is 0. The molecule has 1 aromatic carbocycles. The van der Waals surface area contributed by atoms with Crippen LogP contribution in [0.25, 0.3) is 6.08 Å². The monoisotopic (exact) mass is 375 g/mol. The molecule has 1 amide bonds. The Labute approximate surface area is 160 Å². The van der Waals surface area contributed by atoms with Gasteiger partial charge in [0.2, 0.25) is 5.91 Å². The molecule has 27 heavy (non-hydrogen) atoms. The van der Waals surface area contributed by atoms with Crippen LogP contribution in [0.1, 0.15) is 40.2 Å². The summed E-state index contributed by atoms with van der Waals surface area (Å²) in [6.45, 7) is 9.41. The molecule has 0 bridgehead atoms. The molecule has 3 rings (SSSR count). The molecular weight excluding hydrogens is 346 g/mol. The maximum absolute atomic E-state index is 11.8. The van der Waals surface area contributed by atoms with E-state index >= 15 is 0 Å². The van der Waals surface area contributed by atoms with E-state index in [0.29, 0.717) is 6.61 Å². The van der Waals surface area contributed by atoms with Crippen molar-refractivity contribution in [2.24, 2.45) is 0 Å². The Kier molecular flexibility index (Phi) is 5.72. The smallest absolute Gasteiger partial charge is 0.217 e. The lowest BCUT2D eigenvalue weighted by Crippen LogP contribution is -2.50. The molecule has 0 aromatic heterocycles. The van der Waals surface area contributed by atoms with E-state index in [9.17, 15) is 4.79 Å². The van der Waals surface area contributed by atoms with E-state index < -0.39 is 17.7 Å². The fraction of sp³-hybridized carbons (Fsp3) is 0.571. The second-order valence-electron chi connectivity index (χ2n) is 7.93. The van der Waals surface area contributed by atoms with Crippen LogP contribution >= 0.6 is 0 Å². The van der Waals surface area contributed by atoms with Gasteiger partial charge in [-0.15, -0.1) is 0 Å². The summed E-state index contributed by atoms with van der Waals surface area (Å²) in [4.78, 5) is 11.8. The Morgan fingerprint density at radius 2 is 1.81 bits per heavy atom. The summed E-state index contributed by atoms with van der Waals surface area (Å²) in [5, 5.41) is 2.98. The quantitative estimate of drug-likeness (QED) is 0.857. The Hall–Kier alpha value is -1.73. The van der Waals surface area contributed by atoms with Crippen LogP contribution in [-0.4, -0.2) is 48.4 Å². The number of ether oxygens (including phenoxy) is 4. The molecule has 0 saturated carbocycles. The van der Waals surface area contributed by atoms with Crippen molar-refractivity contribution in [2.75, 3.05) is 6.61 Å². The highest BCUT2D eigenvalue weighted by atomic mass is 16.8. The minimum absolute atomic E-state index is 0.131. The number of amides is 1. The van der Waals surface area contributed by atoms with Crippen molar-refractivity contribution in [1.82, 2.24) is 5.32 Å². The van der Waals surface area contributed by atoms with E-state index in [2.05, 4.69) is 5.32 Å². The van der Waals surface area contributed by atoms with Crippen LogP contribution in [0.15, 0.2) is 36.4 Å². The van der Waals surface area contributed by atoms with Crippen LogP contribution in [0.5, 0.6) is 0 Å². The molecule has 6 heteroatoms. The molecule has 6 nitrogen and oxygen atoms in total. The van der Waals surface area contributed by atoms with Crippen LogP contribution < -0.4 is 5.32 Å².